The highest BCUT2D eigenvalue weighted by atomic mass is 15.0. The summed E-state index contributed by atoms with van der Waals surface area (Å²) in [5.41, 5.74) is 11.3. The number of rotatable bonds is 4. The van der Waals surface area contributed by atoms with Crippen molar-refractivity contribution in [3.05, 3.63) is 200 Å². The lowest BCUT2D eigenvalue weighted by Crippen LogP contribution is -1.96. The molecule has 0 unspecified atom stereocenters. The van der Waals surface area contributed by atoms with Gasteiger partial charge in [-0.3, -0.25) is 0 Å². The van der Waals surface area contributed by atoms with E-state index in [0.717, 1.165) is 22.1 Å². The van der Waals surface area contributed by atoms with E-state index >= 15 is 0 Å². The molecule has 0 radical (unpaired) electrons. The molecule has 0 aliphatic carbocycles. The average Bonchev–Trinajstić information content (AvgIpc) is 3.61. The molecule has 0 atom stereocenters. The number of benzene rings is 11. The van der Waals surface area contributed by atoms with Crippen LogP contribution in [0.25, 0.3) is 115 Å². The van der Waals surface area contributed by atoms with E-state index in [1.54, 1.807) is 0 Å². The molecule has 11 aromatic carbocycles. The van der Waals surface area contributed by atoms with Crippen LogP contribution in [-0.4, -0.2) is 4.57 Å². The second kappa shape index (κ2) is 12.1. The Morgan fingerprint density at radius 3 is 1.56 bits per heavy atom. The van der Waals surface area contributed by atoms with Crippen molar-refractivity contribution >= 4 is 75.7 Å². The average molecular weight is 721 g/mol. The lowest BCUT2D eigenvalue weighted by molar-refractivity contribution is 1.20. The molecule has 0 fully saturated rings. The normalized spacial score (nSPS) is 11.8. The highest BCUT2D eigenvalue weighted by molar-refractivity contribution is 6.28. The van der Waals surface area contributed by atoms with Crippen molar-refractivity contribution in [3.63, 3.8) is 0 Å². The lowest BCUT2D eigenvalue weighted by Gasteiger charge is -2.20. The molecule has 0 amide bonds. The van der Waals surface area contributed by atoms with E-state index in [4.69, 9.17) is 0 Å². The van der Waals surface area contributed by atoms with Gasteiger partial charge in [0.05, 0.1) is 28.4 Å². The minimum absolute atomic E-state index is 0.659. The van der Waals surface area contributed by atoms with Crippen molar-refractivity contribution in [1.29, 1.82) is 5.26 Å². The number of nitrogens with zero attached hydrogens (tertiary/aromatic N) is 2. The fourth-order valence-corrected chi connectivity index (χ4v) is 9.75. The zero-order valence-electron chi connectivity index (χ0n) is 30.9. The summed E-state index contributed by atoms with van der Waals surface area (Å²) < 4.78 is 2.40. The van der Waals surface area contributed by atoms with Crippen LogP contribution in [0.2, 0.25) is 0 Å². The molecule has 0 aliphatic heterocycles. The quantitative estimate of drug-likeness (QED) is 0.131. The third-order valence-electron chi connectivity index (χ3n) is 12.1. The van der Waals surface area contributed by atoms with Gasteiger partial charge in [0, 0.05) is 16.2 Å². The van der Waals surface area contributed by atoms with Crippen molar-refractivity contribution in [2.24, 2.45) is 0 Å². The molecule has 2 heteroatoms. The van der Waals surface area contributed by atoms with Crippen LogP contribution in [0, 0.1) is 11.3 Å². The van der Waals surface area contributed by atoms with Gasteiger partial charge in [-0.15, -0.1) is 0 Å². The van der Waals surface area contributed by atoms with Crippen molar-refractivity contribution in [2.75, 3.05) is 0 Å². The van der Waals surface area contributed by atoms with E-state index in [2.05, 4.69) is 199 Å². The van der Waals surface area contributed by atoms with Gasteiger partial charge in [-0.25, -0.2) is 0 Å². The third kappa shape index (κ3) is 4.58. The van der Waals surface area contributed by atoms with Gasteiger partial charge in [-0.2, -0.15) is 5.26 Å². The molecule has 0 saturated carbocycles. The van der Waals surface area contributed by atoms with Gasteiger partial charge in [0.1, 0.15) is 0 Å². The zero-order chi connectivity index (χ0) is 37.6. The first-order valence-electron chi connectivity index (χ1n) is 19.5. The second-order valence-electron chi connectivity index (χ2n) is 15.1. The smallest absolute Gasteiger partial charge is 0.0992 e. The standard InChI is InChI=1S/C55H32N2/c56-33-34-29-37-25-26-38-31-39(32-51-54(38)53(37)50(30-34)57(51)49-24-12-16-36-15-4-5-17-41(36)49)52-44-20-8-10-22-46(44)55(47-23-11-9-21-45(47)52)48-28-27-40(35-13-2-1-3-14-35)42-18-6-7-19-43(42)48/h1-32H. The van der Waals surface area contributed by atoms with E-state index in [0.29, 0.717) is 5.56 Å². The van der Waals surface area contributed by atoms with Crippen LogP contribution in [0.1, 0.15) is 5.56 Å². The molecule has 0 saturated heterocycles. The molecule has 0 spiro atoms. The van der Waals surface area contributed by atoms with Gasteiger partial charge in [-0.1, -0.05) is 164 Å². The SMILES string of the molecule is N#Cc1cc2ccc3cc(-c4c5ccccc5c(-c5ccc(-c6ccccc6)c6ccccc56)c5ccccc45)cc4c3c2c(c1)n4-c1cccc2ccccc12. The molecular weight excluding hydrogens is 689 g/mol. The Balaban J connectivity index is 1.19. The Morgan fingerprint density at radius 2 is 0.877 bits per heavy atom. The van der Waals surface area contributed by atoms with E-state index in [-0.39, 0.29) is 0 Å². The Morgan fingerprint density at radius 1 is 0.351 bits per heavy atom. The van der Waals surface area contributed by atoms with Crippen molar-refractivity contribution in [2.45, 2.75) is 0 Å². The molecule has 12 aromatic rings. The molecule has 0 N–H and O–H groups in total. The molecule has 262 valence electrons. The first-order chi connectivity index (χ1) is 28.2. The molecule has 0 bridgehead atoms. The van der Waals surface area contributed by atoms with Crippen molar-refractivity contribution in [3.8, 4) is 45.1 Å². The molecule has 57 heavy (non-hydrogen) atoms. The third-order valence-corrected chi connectivity index (χ3v) is 12.1. The monoisotopic (exact) mass is 720 g/mol. The highest BCUT2D eigenvalue weighted by Crippen LogP contribution is 2.49. The minimum Gasteiger partial charge on any atom is -0.309 e. The Hall–Kier alpha value is -7.73. The van der Waals surface area contributed by atoms with Crippen LogP contribution >= 0.6 is 0 Å². The summed E-state index contributed by atoms with van der Waals surface area (Å²) in [6, 6.07) is 72.9. The largest absolute Gasteiger partial charge is 0.309 e. The summed E-state index contributed by atoms with van der Waals surface area (Å²) >= 11 is 0. The van der Waals surface area contributed by atoms with Gasteiger partial charge in [0.15, 0.2) is 0 Å². The van der Waals surface area contributed by atoms with E-state index in [9.17, 15) is 5.26 Å². The maximum absolute atomic E-state index is 10.2. The van der Waals surface area contributed by atoms with Crippen LogP contribution in [0.4, 0.5) is 0 Å². The van der Waals surface area contributed by atoms with E-state index in [1.165, 1.54) is 92.6 Å². The van der Waals surface area contributed by atoms with Crippen LogP contribution < -0.4 is 0 Å². The number of aromatic nitrogens is 1. The number of hydrogen-bond acceptors (Lipinski definition) is 1. The van der Waals surface area contributed by atoms with Crippen LogP contribution in [-0.2, 0) is 0 Å². The lowest BCUT2D eigenvalue weighted by atomic mass is 9.83. The van der Waals surface area contributed by atoms with Gasteiger partial charge in [0.2, 0.25) is 0 Å². The number of hydrogen-bond donors (Lipinski definition) is 0. The van der Waals surface area contributed by atoms with Crippen LogP contribution in [0.5, 0.6) is 0 Å². The molecule has 1 heterocycles. The summed E-state index contributed by atoms with van der Waals surface area (Å²) in [4.78, 5) is 0. The van der Waals surface area contributed by atoms with Gasteiger partial charge < -0.3 is 4.57 Å². The Bertz CT molecular complexity index is 3580. The van der Waals surface area contributed by atoms with E-state index in [1.807, 2.05) is 6.07 Å². The van der Waals surface area contributed by atoms with Crippen LogP contribution in [0.3, 0.4) is 0 Å². The van der Waals surface area contributed by atoms with Gasteiger partial charge in [0.25, 0.3) is 0 Å². The fraction of sp³-hybridized carbons (Fsp3) is 0. The predicted octanol–water partition coefficient (Wildman–Crippen LogP) is 14.9. The fourth-order valence-electron chi connectivity index (χ4n) is 9.75. The van der Waals surface area contributed by atoms with Gasteiger partial charge >= 0.3 is 0 Å². The van der Waals surface area contributed by atoms with Crippen LogP contribution in [0.15, 0.2) is 194 Å². The first-order valence-corrected chi connectivity index (χ1v) is 19.5. The number of nitriles is 1. The second-order valence-corrected chi connectivity index (χ2v) is 15.1. The van der Waals surface area contributed by atoms with Crippen molar-refractivity contribution in [1.82, 2.24) is 4.57 Å². The Kier molecular flexibility index (Phi) is 6.73. The summed E-state index contributed by atoms with van der Waals surface area (Å²) in [6.07, 6.45) is 0. The summed E-state index contributed by atoms with van der Waals surface area (Å²) in [5, 5.41) is 24.6. The number of fused-ring (bicyclic) bond motifs is 4. The maximum atomic E-state index is 10.2. The molecule has 1 aromatic heterocycles. The molecular formula is C55H32N2. The maximum Gasteiger partial charge on any atom is 0.0992 e. The summed E-state index contributed by atoms with van der Waals surface area (Å²) in [6.45, 7) is 0. The summed E-state index contributed by atoms with van der Waals surface area (Å²) in [7, 11) is 0. The molecule has 12 rings (SSSR count). The Labute approximate surface area is 329 Å². The summed E-state index contributed by atoms with van der Waals surface area (Å²) in [5.74, 6) is 0. The zero-order valence-corrected chi connectivity index (χ0v) is 30.9. The van der Waals surface area contributed by atoms with E-state index < -0.39 is 0 Å². The first kappa shape index (κ1) is 31.6. The predicted molar refractivity (Wildman–Crippen MR) is 241 cm³/mol. The molecule has 2 nitrogen and oxygen atoms in total. The van der Waals surface area contributed by atoms with Crippen molar-refractivity contribution < 1.29 is 0 Å². The minimum atomic E-state index is 0.659. The molecule has 0 aliphatic rings. The highest BCUT2D eigenvalue weighted by Gasteiger charge is 2.23. The topological polar surface area (TPSA) is 28.7 Å². The van der Waals surface area contributed by atoms with Gasteiger partial charge in [-0.05, 0) is 112 Å².